The van der Waals surface area contributed by atoms with Crippen LogP contribution in [0.25, 0.3) is 0 Å². The number of benzene rings is 2. The van der Waals surface area contributed by atoms with Crippen LogP contribution in [-0.4, -0.2) is 15.1 Å². The average molecular weight is 357 g/mol. The third kappa shape index (κ3) is 3.53. The molecule has 0 atom stereocenters. The number of nitrogens with zero attached hydrogens (tertiary/aromatic N) is 2. The molecular weight excluding hydrogens is 344 g/mol. The first-order valence-corrected chi connectivity index (χ1v) is 7.41. The van der Waals surface area contributed by atoms with Crippen molar-refractivity contribution in [1.82, 2.24) is 9.97 Å². The predicted octanol–water partition coefficient (Wildman–Crippen LogP) is 4.43. The van der Waals surface area contributed by atoms with Crippen LogP contribution in [0.2, 0.25) is 0 Å². The largest absolute Gasteiger partial charge is 0.508 e. The molecule has 0 spiro atoms. The molecule has 1 aromatic heterocycles. The van der Waals surface area contributed by atoms with Gasteiger partial charge in [0, 0.05) is 17.6 Å². The summed E-state index contributed by atoms with van der Waals surface area (Å²) in [6, 6.07) is 16.5. The minimum absolute atomic E-state index is 0.216. The zero-order valence-corrected chi connectivity index (χ0v) is 13.1. The van der Waals surface area contributed by atoms with E-state index >= 15 is 0 Å². The molecule has 0 aliphatic rings. The maximum Gasteiger partial charge on any atom is 0.229 e. The second-order valence-electron chi connectivity index (χ2n) is 4.55. The zero-order chi connectivity index (χ0) is 15.4. The van der Waals surface area contributed by atoms with Gasteiger partial charge < -0.3 is 15.7 Å². The van der Waals surface area contributed by atoms with Crippen molar-refractivity contribution in [2.45, 2.75) is 0 Å². The van der Waals surface area contributed by atoms with E-state index < -0.39 is 0 Å². The second-order valence-corrected chi connectivity index (χ2v) is 5.41. The number of aromatic nitrogens is 2. The lowest BCUT2D eigenvalue weighted by atomic mass is 10.3. The summed E-state index contributed by atoms with van der Waals surface area (Å²) in [6.07, 6.45) is 1.68. The molecule has 22 heavy (non-hydrogen) atoms. The van der Waals surface area contributed by atoms with Gasteiger partial charge in [-0.2, -0.15) is 4.98 Å². The molecule has 1 heterocycles. The highest BCUT2D eigenvalue weighted by atomic mass is 79.9. The zero-order valence-electron chi connectivity index (χ0n) is 11.5. The first kappa shape index (κ1) is 14.3. The van der Waals surface area contributed by atoms with Crippen LogP contribution < -0.4 is 10.6 Å². The van der Waals surface area contributed by atoms with E-state index in [9.17, 15) is 5.11 Å². The summed E-state index contributed by atoms with van der Waals surface area (Å²) >= 11 is 3.43. The minimum atomic E-state index is 0.216. The fourth-order valence-electron chi connectivity index (χ4n) is 1.85. The van der Waals surface area contributed by atoms with Gasteiger partial charge in [-0.25, -0.2) is 4.98 Å². The third-order valence-electron chi connectivity index (χ3n) is 2.90. The van der Waals surface area contributed by atoms with E-state index in [0.29, 0.717) is 11.8 Å². The Morgan fingerprint density at radius 1 is 0.864 bits per heavy atom. The van der Waals surface area contributed by atoms with Gasteiger partial charge in [-0.3, -0.25) is 0 Å². The molecule has 110 valence electrons. The number of aromatic hydroxyl groups is 1. The Morgan fingerprint density at radius 3 is 2.27 bits per heavy atom. The summed E-state index contributed by atoms with van der Waals surface area (Å²) in [6.45, 7) is 0. The number of phenolic OH excluding ortho intramolecular Hbond substituents is 1. The second kappa shape index (κ2) is 6.44. The van der Waals surface area contributed by atoms with Gasteiger partial charge in [0.2, 0.25) is 5.95 Å². The molecule has 0 saturated heterocycles. The molecule has 6 heteroatoms. The quantitative estimate of drug-likeness (QED) is 0.603. The number of halogens is 1. The molecule has 3 N–H and O–H groups in total. The summed E-state index contributed by atoms with van der Waals surface area (Å²) < 4.78 is 0.771. The van der Waals surface area contributed by atoms with Gasteiger partial charge in [0.05, 0.1) is 4.47 Å². The molecule has 3 rings (SSSR count). The van der Waals surface area contributed by atoms with Crippen LogP contribution in [0.15, 0.2) is 65.3 Å². The van der Waals surface area contributed by atoms with Crippen LogP contribution in [0.4, 0.5) is 23.1 Å². The number of anilines is 4. The number of hydrogen-bond acceptors (Lipinski definition) is 5. The van der Waals surface area contributed by atoms with Crippen molar-refractivity contribution in [2.75, 3.05) is 10.6 Å². The molecule has 0 bridgehead atoms. The molecule has 5 nitrogen and oxygen atoms in total. The number of hydrogen-bond donors (Lipinski definition) is 3. The molecular formula is C16H13BrN4O. The highest BCUT2D eigenvalue weighted by molar-refractivity contribution is 9.10. The molecule has 0 saturated carbocycles. The lowest BCUT2D eigenvalue weighted by Gasteiger charge is -2.10. The van der Waals surface area contributed by atoms with Crippen LogP contribution >= 0.6 is 15.9 Å². The Labute approximate surface area is 136 Å². The lowest BCUT2D eigenvalue weighted by Crippen LogP contribution is -2.01. The molecule has 0 amide bonds. The average Bonchev–Trinajstić information content (AvgIpc) is 2.54. The summed E-state index contributed by atoms with van der Waals surface area (Å²) in [4.78, 5) is 8.67. The Kier molecular flexibility index (Phi) is 4.20. The molecule has 0 fully saturated rings. The van der Waals surface area contributed by atoms with Crippen molar-refractivity contribution < 1.29 is 5.11 Å². The summed E-state index contributed by atoms with van der Waals surface area (Å²) in [7, 11) is 0. The first-order chi connectivity index (χ1) is 10.7. The van der Waals surface area contributed by atoms with Crippen LogP contribution in [0.3, 0.4) is 0 Å². The van der Waals surface area contributed by atoms with Crippen LogP contribution in [0, 0.1) is 0 Å². The number of rotatable bonds is 4. The van der Waals surface area contributed by atoms with Crippen molar-refractivity contribution in [3.05, 3.63) is 65.3 Å². The molecule has 2 aromatic carbocycles. The lowest BCUT2D eigenvalue weighted by molar-refractivity contribution is 0.475. The number of para-hydroxylation sites is 1. The normalized spacial score (nSPS) is 10.2. The maximum absolute atomic E-state index is 9.29. The third-order valence-corrected chi connectivity index (χ3v) is 3.48. The van der Waals surface area contributed by atoms with E-state index in [1.165, 1.54) is 0 Å². The van der Waals surface area contributed by atoms with Gasteiger partial charge >= 0.3 is 0 Å². The van der Waals surface area contributed by atoms with Gasteiger partial charge in [-0.05, 0) is 52.3 Å². The molecule has 0 aliphatic heterocycles. The highest BCUT2D eigenvalue weighted by Crippen LogP contribution is 2.25. The molecule has 3 aromatic rings. The van der Waals surface area contributed by atoms with Crippen molar-refractivity contribution in [1.29, 1.82) is 0 Å². The molecule has 0 aliphatic carbocycles. The summed E-state index contributed by atoms with van der Waals surface area (Å²) in [5.41, 5.74) is 1.74. The monoisotopic (exact) mass is 356 g/mol. The maximum atomic E-state index is 9.29. The van der Waals surface area contributed by atoms with Gasteiger partial charge in [0.15, 0.2) is 0 Å². The van der Waals surface area contributed by atoms with Crippen LogP contribution in [0.1, 0.15) is 0 Å². The fraction of sp³-hybridized carbons (Fsp3) is 0. The Morgan fingerprint density at radius 2 is 1.55 bits per heavy atom. The van der Waals surface area contributed by atoms with E-state index in [1.54, 1.807) is 30.5 Å². The topological polar surface area (TPSA) is 70.1 Å². The van der Waals surface area contributed by atoms with Crippen molar-refractivity contribution in [2.24, 2.45) is 0 Å². The standard InChI is InChI=1S/C16H13BrN4O/c17-14-10-18-16(20-12-6-8-13(22)9-7-12)21-15(14)19-11-4-2-1-3-5-11/h1-10,22H,(H2,18,19,20,21). The molecule has 0 unspecified atom stereocenters. The van der Waals surface area contributed by atoms with E-state index in [-0.39, 0.29) is 5.75 Å². The van der Waals surface area contributed by atoms with Gasteiger partial charge in [0.1, 0.15) is 11.6 Å². The van der Waals surface area contributed by atoms with E-state index in [0.717, 1.165) is 15.8 Å². The van der Waals surface area contributed by atoms with Gasteiger partial charge in [0.25, 0.3) is 0 Å². The number of nitrogens with one attached hydrogen (secondary N) is 2. The Bertz CT molecular complexity index is 763. The van der Waals surface area contributed by atoms with Crippen molar-refractivity contribution >= 4 is 39.1 Å². The summed E-state index contributed by atoms with van der Waals surface area (Å²) in [5.74, 6) is 1.35. The number of phenols is 1. The van der Waals surface area contributed by atoms with Crippen molar-refractivity contribution in [3.8, 4) is 5.75 Å². The van der Waals surface area contributed by atoms with Crippen molar-refractivity contribution in [3.63, 3.8) is 0 Å². The Balaban J connectivity index is 1.81. The van der Waals surface area contributed by atoms with E-state index in [1.807, 2.05) is 30.3 Å². The minimum Gasteiger partial charge on any atom is -0.508 e. The SMILES string of the molecule is Oc1ccc(Nc2ncc(Br)c(Nc3ccccc3)n2)cc1. The Hall–Kier alpha value is -2.60. The smallest absolute Gasteiger partial charge is 0.229 e. The summed E-state index contributed by atoms with van der Waals surface area (Å²) in [5, 5.41) is 15.6. The van der Waals surface area contributed by atoms with E-state index in [2.05, 4.69) is 36.5 Å². The van der Waals surface area contributed by atoms with E-state index in [4.69, 9.17) is 0 Å². The van der Waals surface area contributed by atoms with Gasteiger partial charge in [-0.15, -0.1) is 0 Å². The molecule has 0 radical (unpaired) electrons. The van der Waals surface area contributed by atoms with Gasteiger partial charge in [-0.1, -0.05) is 18.2 Å². The first-order valence-electron chi connectivity index (χ1n) is 6.61. The highest BCUT2D eigenvalue weighted by Gasteiger charge is 2.06. The predicted molar refractivity (Wildman–Crippen MR) is 90.8 cm³/mol. The fourth-order valence-corrected chi connectivity index (χ4v) is 2.14. The van der Waals surface area contributed by atoms with Crippen LogP contribution in [-0.2, 0) is 0 Å². The van der Waals surface area contributed by atoms with Crippen LogP contribution in [0.5, 0.6) is 5.75 Å².